The molecule has 37 heavy (non-hydrogen) atoms. The van der Waals surface area contributed by atoms with Crippen LogP contribution in [0.25, 0.3) is 0 Å². The third-order valence-corrected chi connectivity index (χ3v) is 12.8. The molecule has 0 heterocycles. The highest BCUT2D eigenvalue weighted by atomic mass is 35.8. The van der Waals surface area contributed by atoms with Gasteiger partial charge in [-0.05, 0) is 49.6 Å². The lowest BCUT2D eigenvalue weighted by atomic mass is 9.73. The van der Waals surface area contributed by atoms with Gasteiger partial charge in [-0.3, -0.25) is 4.39 Å². The van der Waals surface area contributed by atoms with Crippen molar-refractivity contribution in [3.8, 4) is 0 Å². The van der Waals surface area contributed by atoms with E-state index in [1.54, 1.807) is 0 Å². The van der Waals surface area contributed by atoms with E-state index in [4.69, 9.17) is 66.5 Å². The Bertz CT molecular complexity index is 482. The van der Waals surface area contributed by atoms with Crippen LogP contribution >= 0.6 is 66.5 Å². The predicted octanol–water partition coefficient (Wildman–Crippen LogP) is 14.2. The average Bonchev–Trinajstić information content (AvgIpc) is 2.82. The summed E-state index contributed by atoms with van der Waals surface area (Å²) in [6, 6.07) is -4.08. The van der Waals surface area contributed by atoms with Gasteiger partial charge in [0, 0.05) is 0 Å². The van der Waals surface area contributed by atoms with E-state index in [-0.39, 0.29) is 12.1 Å². The largest absolute Gasteiger partial charge is 0.341 e. The SMILES string of the molecule is CCCCCCCCCCCCCCCCC(CCCCCCCF)(CC[Si](Cl)(Cl)Cl)CC[Si](Cl)(Cl)Cl. The van der Waals surface area contributed by atoms with E-state index in [0.717, 1.165) is 51.4 Å². The van der Waals surface area contributed by atoms with E-state index < -0.39 is 12.0 Å². The Morgan fingerprint density at radius 1 is 0.432 bits per heavy atom. The first-order chi connectivity index (χ1) is 17.5. The molecule has 0 aliphatic carbocycles. The van der Waals surface area contributed by atoms with Gasteiger partial charge in [0.15, 0.2) is 0 Å². The summed E-state index contributed by atoms with van der Waals surface area (Å²) in [6.45, 7) is 2.06. The Balaban J connectivity index is 4.48. The topological polar surface area (TPSA) is 0 Å². The van der Waals surface area contributed by atoms with E-state index in [2.05, 4.69) is 6.92 Å². The average molecular weight is 680 g/mol. The van der Waals surface area contributed by atoms with Gasteiger partial charge in [0.1, 0.15) is 0 Å². The molecular weight excluding hydrogens is 624 g/mol. The molecule has 0 spiro atoms. The van der Waals surface area contributed by atoms with E-state index in [1.807, 2.05) is 0 Å². The summed E-state index contributed by atoms with van der Waals surface area (Å²) < 4.78 is 12.4. The summed E-state index contributed by atoms with van der Waals surface area (Å²) in [4.78, 5) is 0. The van der Waals surface area contributed by atoms with E-state index in [9.17, 15) is 4.39 Å². The van der Waals surface area contributed by atoms with Crippen LogP contribution in [0, 0.1) is 5.41 Å². The molecule has 0 nitrogen and oxygen atoms in total. The quantitative estimate of drug-likeness (QED) is 0.0439. The van der Waals surface area contributed by atoms with Gasteiger partial charge in [0.2, 0.25) is 0 Å². The number of hydrogen-bond donors (Lipinski definition) is 0. The maximum absolute atomic E-state index is 12.4. The molecule has 0 atom stereocenters. The normalized spacial score (nSPS) is 13.0. The van der Waals surface area contributed by atoms with Crippen LogP contribution in [-0.2, 0) is 0 Å². The maximum atomic E-state index is 12.4. The second-order valence-electron chi connectivity index (χ2n) is 11.3. The molecule has 0 rings (SSSR count). The molecule has 0 bridgehead atoms. The Kier molecular flexibility index (Phi) is 26.1. The number of halogens is 7. The zero-order valence-corrected chi connectivity index (χ0v) is 30.1. The number of unbranched alkanes of at least 4 members (excludes halogenated alkanes) is 17. The summed E-state index contributed by atoms with van der Waals surface area (Å²) >= 11 is 37.8. The van der Waals surface area contributed by atoms with Gasteiger partial charge in [-0.15, -0.1) is 66.5 Å². The Labute approximate surface area is 260 Å². The van der Waals surface area contributed by atoms with Crippen LogP contribution < -0.4 is 0 Å². The van der Waals surface area contributed by atoms with Gasteiger partial charge in [-0.2, -0.15) is 0 Å². The fourth-order valence-electron chi connectivity index (χ4n) is 5.38. The van der Waals surface area contributed by atoms with Crippen LogP contribution in [0.4, 0.5) is 4.39 Å². The van der Waals surface area contributed by atoms with E-state index in [1.165, 1.54) is 89.9 Å². The van der Waals surface area contributed by atoms with Crippen molar-refractivity contribution in [2.75, 3.05) is 6.67 Å². The molecule has 0 aromatic carbocycles. The summed E-state index contributed by atoms with van der Waals surface area (Å²) in [5.74, 6) is 0. The van der Waals surface area contributed by atoms with Crippen LogP contribution in [0.3, 0.4) is 0 Å². The maximum Gasteiger partial charge on any atom is 0.341 e. The number of alkyl halides is 1. The first-order valence-corrected chi connectivity index (χ1v) is 25.7. The minimum absolute atomic E-state index is 0.0884. The van der Waals surface area contributed by atoms with Crippen molar-refractivity contribution >= 4 is 78.5 Å². The highest BCUT2D eigenvalue weighted by Crippen LogP contribution is 2.46. The highest BCUT2D eigenvalue weighted by Gasteiger charge is 2.37. The van der Waals surface area contributed by atoms with Gasteiger partial charge < -0.3 is 0 Å². The first kappa shape index (κ1) is 39.1. The van der Waals surface area contributed by atoms with Crippen molar-refractivity contribution in [3.05, 3.63) is 0 Å². The minimum atomic E-state index is -2.71. The van der Waals surface area contributed by atoms with Crippen molar-refractivity contribution in [2.45, 2.75) is 167 Å². The lowest BCUT2D eigenvalue weighted by molar-refractivity contribution is 0.202. The summed E-state index contributed by atoms with van der Waals surface area (Å²) in [5.41, 5.74) is 0.0884. The molecule has 0 saturated heterocycles. The molecule has 0 aromatic heterocycles. The van der Waals surface area contributed by atoms with Gasteiger partial charge >= 0.3 is 12.0 Å². The molecule has 0 amide bonds. The standard InChI is InChI=1S/C28H55Cl6FSi2/c1-2-3-4-5-6-7-8-9-10-11-12-13-15-18-21-28(23-26-36(29,30)31,24-27-37(32,33)34)22-19-16-14-17-20-25-35/h2-27H2,1H3. The minimum Gasteiger partial charge on any atom is -0.251 e. The number of hydrogen-bond acceptors (Lipinski definition) is 0. The highest BCUT2D eigenvalue weighted by molar-refractivity contribution is 7.65. The summed E-state index contributed by atoms with van der Waals surface area (Å²) in [5, 5.41) is 0. The van der Waals surface area contributed by atoms with Gasteiger partial charge in [0.25, 0.3) is 0 Å². The zero-order valence-electron chi connectivity index (χ0n) is 23.5. The summed E-state index contributed by atoms with van der Waals surface area (Å²) in [7, 11) is 0. The molecule has 0 radical (unpaired) electrons. The molecule has 0 fully saturated rings. The second-order valence-corrected chi connectivity index (χ2v) is 29.8. The zero-order chi connectivity index (χ0) is 27.9. The lowest BCUT2D eigenvalue weighted by Gasteiger charge is -2.36. The molecule has 0 aromatic rings. The van der Waals surface area contributed by atoms with Crippen LogP contribution in [-0.4, -0.2) is 18.7 Å². The molecule has 0 saturated carbocycles. The monoisotopic (exact) mass is 676 g/mol. The molecule has 9 heteroatoms. The molecule has 0 aliphatic heterocycles. The predicted molar refractivity (Wildman–Crippen MR) is 177 cm³/mol. The van der Waals surface area contributed by atoms with Crippen LogP contribution in [0.5, 0.6) is 0 Å². The van der Waals surface area contributed by atoms with Crippen molar-refractivity contribution < 1.29 is 4.39 Å². The lowest BCUT2D eigenvalue weighted by Crippen LogP contribution is -2.27. The summed E-state index contributed by atoms with van der Waals surface area (Å²) in [6.07, 6.45) is 28.0. The Morgan fingerprint density at radius 3 is 1.03 bits per heavy atom. The van der Waals surface area contributed by atoms with Crippen LogP contribution in [0.2, 0.25) is 12.1 Å². The molecule has 0 N–H and O–H groups in total. The molecule has 0 aliphatic rings. The Morgan fingerprint density at radius 2 is 0.730 bits per heavy atom. The fraction of sp³-hybridized carbons (Fsp3) is 1.00. The van der Waals surface area contributed by atoms with Crippen LogP contribution in [0.15, 0.2) is 0 Å². The van der Waals surface area contributed by atoms with Gasteiger partial charge in [-0.25, -0.2) is 0 Å². The second kappa shape index (κ2) is 24.7. The smallest absolute Gasteiger partial charge is 0.251 e. The third-order valence-electron chi connectivity index (χ3n) is 7.78. The van der Waals surface area contributed by atoms with Crippen molar-refractivity contribution in [2.24, 2.45) is 5.41 Å². The van der Waals surface area contributed by atoms with E-state index in [0.29, 0.717) is 18.5 Å². The molecule has 0 unspecified atom stereocenters. The van der Waals surface area contributed by atoms with Crippen molar-refractivity contribution in [3.63, 3.8) is 0 Å². The van der Waals surface area contributed by atoms with Crippen molar-refractivity contribution in [1.82, 2.24) is 0 Å². The van der Waals surface area contributed by atoms with Gasteiger partial charge in [0.05, 0.1) is 6.67 Å². The van der Waals surface area contributed by atoms with Gasteiger partial charge in [-0.1, -0.05) is 122 Å². The number of rotatable bonds is 28. The Hall–Kier alpha value is 2.10. The third kappa shape index (κ3) is 28.0. The fourth-order valence-corrected chi connectivity index (χ4v) is 8.71. The van der Waals surface area contributed by atoms with E-state index >= 15 is 0 Å². The van der Waals surface area contributed by atoms with Crippen LogP contribution in [0.1, 0.15) is 155 Å². The van der Waals surface area contributed by atoms with Crippen molar-refractivity contribution in [1.29, 1.82) is 0 Å². The first-order valence-electron chi connectivity index (χ1n) is 15.2. The molecular formula is C28H55Cl6FSi2. The molecule has 224 valence electrons.